The van der Waals surface area contributed by atoms with Crippen molar-refractivity contribution in [3.05, 3.63) is 92.6 Å². The number of anilines is 1. The first kappa shape index (κ1) is 20.7. The molecule has 5 nitrogen and oxygen atoms in total. The Morgan fingerprint density at radius 2 is 1.80 bits per heavy atom. The van der Waals surface area contributed by atoms with Gasteiger partial charge in [-0.3, -0.25) is 14.2 Å². The van der Waals surface area contributed by atoms with E-state index in [-0.39, 0.29) is 17.2 Å². The highest BCUT2D eigenvalue weighted by molar-refractivity contribution is 9.10. The first-order valence-electron chi connectivity index (χ1n) is 8.98. The van der Waals surface area contributed by atoms with Crippen LogP contribution in [0.5, 0.6) is 0 Å². The van der Waals surface area contributed by atoms with Crippen LogP contribution in [-0.4, -0.2) is 21.2 Å². The number of fused-ring (bicyclic) bond motifs is 1. The fourth-order valence-electron chi connectivity index (χ4n) is 2.92. The molecule has 1 aromatic heterocycles. The van der Waals surface area contributed by atoms with Gasteiger partial charge in [0.15, 0.2) is 5.16 Å². The van der Waals surface area contributed by atoms with Crippen molar-refractivity contribution in [2.24, 2.45) is 0 Å². The lowest BCUT2D eigenvalue weighted by atomic mass is 10.2. The van der Waals surface area contributed by atoms with Crippen LogP contribution >= 0.6 is 39.3 Å². The van der Waals surface area contributed by atoms with Gasteiger partial charge >= 0.3 is 0 Å². The molecule has 0 aliphatic rings. The number of aromatic nitrogens is 2. The highest BCUT2D eigenvalue weighted by Gasteiger charge is 2.15. The molecule has 0 radical (unpaired) electrons. The predicted octanol–water partition coefficient (Wildman–Crippen LogP) is 5.53. The minimum atomic E-state index is -0.244. The number of hydrogen-bond acceptors (Lipinski definition) is 4. The summed E-state index contributed by atoms with van der Waals surface area (Å²) in [7, 11) is 0. The van der Waals surface area contributed by atoms with Gasteiger partial charge in [-0.1, -0.05) is 69.6 Å². The molecule has 0 unspecified atom stereocenters. The smallest absolute Gasteiger partial charge is 0.266 e. The second-order valence-corrected chi connectivity index (χ2v) is 8.61. The van der Waals surface area contributed by atoms with E-state index in [2.05, 4.69) is 26.2 Å². The maximum absolute atomic E-state index is 13.1. The first-order chi connectivity index (χ1) is 14.5. The van der Waals surface area contributed by atoms with Crippen molar-refractivity contribution < 1.29 is 4.79 Å². The summed E-state index contributed by atoms with van der Waals surface area (Å²) >= 11 is 10.7. The number of halogens is 2. The summed E-state index contributed by atoms with van der Waals surface area (Å²) in [5, 5.41) is 4.20. The van der Waals surface area contributed by atoms with Crippen LogP contribution in [-0.2, 0) is 4.79 Å². The number of amides is 1. The van der Waals surface area contributed by atoms with Gasteiger partial charge in [0.05, 0.1) is 33.1 Å². The molecule has 8 heteroatoms. The normalized spacial score (nSPS) is 10.9. The second kappa shape index (κ2) is 9.04. The van der Waals surface area contributed by atoms with E-state index in [1.54, 1.807) is 30.3 Å². The summed E-state index contributed by atoms with van der Waals surface area (Å²) in [6, 6.07) is 21.7. The van der Waals surface area contributed by atoms with Crippen molar-refractivity contribution in [2.75, 3.05) is 11.1 Å². The predicted molar refractivity (Wildman–Crippen MR) is 126 cm³/mol. The van der Waals surface area contributed by atoms with Crippen LogP contribution in [0, 0.1) is 0 Å². The molecule has 0 saturated carbocycles. The van der Waals surface area contributed by atoms with Crippen LogP contribution < -0.4 is 10.9 Å². The maximum atomic E-state index is 13.1. The lowest BCUT2D eigenvalue weighted by Gasteiger charge is -2.13. The number of hydrogen-bond donors (Lipinski definition) is 1. The Morgan fingerprint density at radius 3 is 2.57 bits per heavy atom. The third kappa shape index (κ3) is 4.43. The molecule has 3 aromatic carbocycles. The van der Waals surface area contributed by atoms with Gasteiger partial charge in [0.1, 0.15) is 0 Å². The average molecular weight is 501 g/mol. The number of benzene rings is 3. The Kier molecular flexibility index (Phi) is 6.22. The Hall–Kier alpha value is -2.61. The van der Waals surface area contributed by atoms with E-state index in [9.17, 15) is 9.59 Å². The van der Waals surface area contributed by atoms with Crippen molar-refractivity contribution in [1.82, 2.24) is 9.55 Å². The number of rotatable bonds is 5. The summed E-state index contributed by atoms with van der Waals surface area (Å²) in [5.41, 5.74) is 1.64. The summed E-state index contributed by atoms with van der Waals surface area (Å²) in [6.45, 7) is 0. The lowest BCUT2D eigenvalue weighted by molar-refractivity contribution is -0.113. The minimum Gasteiger partial charge on any atom is -0.324 e. The summed E-state index contributed by atoms with van der Waals surface area (Å²) < 4.78 is 2.36. The molecule has 0 aliphatic heterocycles. The standard InChI is InChI=1S/C22H15BrClN3O2S/c23-14-10-11-19(17(24)12-14)25-20(28)13-30-22-26-18-9-5-4-8-16(18)21(29)27(22)15-6-2-1-3-7-15/h1-12H,13H2,(H,25,28). The van der Waals surface area contributed by atoms with Crippen molar-refractivity contribution in [3.63, 3.8) is 0 Å². The van der Waals surface area contributed by atoms with E-state index in [1.165, 1.54) is 16.3 Å². The molecule has 0 aliphatic carbocycles. The molecule has 0 atom stereocenters. The minimum absolute atomic E-state index is 0.0734. The van der Waals surface area contributed by atoms with Gasteiger partial charge in [-0.2, -0.15) is 0 Å². The van der Waals surface area contributed by atoms with E-state index in [4.69, 9.17) is 11.6 Å². The van der Waals surface area contributed by atoms with Gasteiger partial charge in [0, 0.05) is 4.47 Å². The monoisotopic (exact) mass is 499 g/mol. The van der Waals surface area contributed by atoms with Gasteiger partial charge < -0.3 is 5.32 Å². The molecule has 4 aromatic rings. The maximum Gasteiger partial charge on any atom is 0.266 e. The number of nitrogens with zero attached hydrogens (tertiary/aromatic N) is 2. The summed E-state index contributed by atoms with van der Waals surface area (Å²) in [4.78, 5) is 30.3. The van der Waals surface area contributed by atoms with Crippen molar-refractivity contribution >= 4 is 61.8 Å². The van der Waals surface area contributed by atoms with Crippen LogP contribution in [0.3, 0.4) is 0 Å². The van der Waals surface area contributed by atoms with Crippen LogP contribution in [0.15, 0.2) is 87.2 Å². The molecule has 1 heterocycles. The summed E-state index contributed by atoms with van der Waals surface area (Å²) in [5.74, 6) is -0.171. The quantitative estimate of drug-likeness (QED) is 0.289. The Morgan fingerprint density at radius 1 is 1.07 bits per heavy atom. The Balaban J connectivity index is 1.65. The van der Waals surface area contributed by atoms with Crippen LogP contribution in [0.2, 0.25) is 5.02 Å². The molecule has 1 amide bonds. The molecular formula is C22H15BrClN3O2S. The largest absolute Gasteiger partial charge is 0.324 e. The average Bonchev–Trinajstić information content (AvgIpc) is 2.75. The second-order valence-electron chi connectivity index (χ2n) is 6.35. The zero-order valence-electron chi connectivity index (χ0n) is 15.5. The molecule has 4 rings (SSSR count). The fourth-order valence-corrected chi connectivity index (χ4v) is 4.45. The van der Waals surface area contributed by atoms with Gasteiger partial charge in [0.25, 0.3) is 5.56 Å². The number of nitrogens with one attached hydrogen (secondary N) is 1. The van der Waals surface area contributed by atoms with Gasteiger partial charge in [-0.15, -0.1) is 0 Å². The molecule has 150 valence electrons. The molecule has 0 spiro atoms. The van der Waals surface area contributed by atoms with E-state index in [1.807, 2.05) is 42.5 Å². The van der Waals surface area contributed by atoms with Crippen molar-refractivity contribution in [2.45, 2.75) is 5.16 Å². The lowest BCUT2D eigenvalue weighted by Crippen LogP contribution is -2.23. The molecule has 0 saturated heterocycles. The topological polar surface area (TPSA) is 64.0 Å². The zero-order valence-corrected chi connectivity index (χ0v) is 18.7. The molecule has 0 bridgehead atoms. The van der Waals surface area contributed by atoms with E-state index >= 15 is 0 Å². The van der Waals surface area contributed by atoms with Gasteiger partial charge in [0.2, 0.25) is 5.91 Å². The Bertz CT molecular complexity index is 1290. The number of carbonyl (C=O) groups excluding carboxylic acids is 1. The number of thioether (sulfide) groups is 1. The molecule has 1 N–H and O–H groups in total. The third-order valence-electron chi connectivity index (χ3n) is 4.30. The van der Waals surface area contributed by atoms with Crippen molar-refractivity contribution in [3.8, 4) is 5.69 Å². The Labute approximate surface area is 190 Å². The SMILES string of the molecule is O=C(CSc1nc2ccccc2c(=O)n1-c1ccccc1)Nc1ccc(Br)cc1Cl. The zero-order chi connectivity index (χ0) is 21.1. The molecule has 30 heavy (non-hydrogen) atoms. The highest BCUT2D eigenvalue weighted by atomic mass is 79.9. The third-order valence-corrected chi connectivity index (χ3v) is 6.04. The van der Waals surface area contributed by atoms with Crippen LogP contribution in [0.1, 0.15) is 0 Å². The first-order valence-corrected chi connectivity index (χ1v) is 11.1. The highest BCUT2D eigenvalue weighted by Crippen LogP contribution is 2.26. The van der Waals surface area contributed by atoms with E-state index in [0.29, 0.717) is 32.5 Å². The fraction of sp³-hybridized carbons (Fsp3) is 0.0455. The van der Waals surface area contributed by atoms with Crippen molar-refractivity contribution in [1.29, 1.82) is 0 Å². The number of carbonyl (C=O) groups is 1. The van der Waals surface area contributed by atoms with Crippen LogP contribution in [0.25, 0.3) is 16.6 Å². The summed E-state index contributed by atoms with van der Waals surface area (Å²) in [6.07, 6.45) is 0. The van der Waals surface area contributed by atoms with Gasteiger partial charge in [-0.25, -0.2) is 4.98 Å². The molecular weight excluding hydrogens is 486 g/mol. The van der Waals surface area contributed by atoms with E-state index < -0.39 is 0 Å². The van der Waals surface area contributed by atoms with E-state index in [0.717, 1.165) is 4.47 Å². The van der Waals surface area contributed by atoms with Crippen LogP contribution in [0.4, 0.5) is 5.69 Å². The molecule has 0 fully saturated rings. The van der Waals surface area contributed by atoms with Gasteiger partial charge in [-0.05, 0) is 42.5 Å². The number of para-hydroxylation sites is 2.